The summed E-state index contributed by atoms with van der Waals surface area (Å²) in [5, 5.41) is 3.40. The first kappa shape index (κ1) is 14.7. The van der Waals surface area contributed by atoms with E-state index in [9.17, 15) is 4.79 Å². The Bertz CT molecular complexity index is 461. The van der Waals surface area contributed by atoms with E-state index in [2.05, 4.69) is 32.1 Å². The second-order valence-electron chi connectivity index (χ2n) is 4.03. The maximum Gasteiger partial charge on any atom is 0.279 e. The van der Waals surface area contributed by atoms with Crippen LogP contribution in [0.1, 0.15) is 22.5 Å². The molecule has 0 unspecified atom stereocenters. The van der Waals surface area contributed by atoms with Crippen molar-refractivity contribution in [2.24, 2.45) is 0 Å². The Hall–Kier alpha value is -0.700. The van der Waals surface area contributed by atoms with Gasteiger partial charge in [-0.2, -0.15) is 0 Å². The highest BCUT2D eigenvalue weighted by Gasteiger charge is 2.15. The molecule has 5 nitrogen and oxygen atoms in total. The van der Waals surface area contributed by atoms with Gasteiger partial charge in [-0.3, -0.25) is 15.6 Å². The van der Waals surface area contributed by atoms with Crippen molar-refractivity contribution in [1.82, 2.24) is 16.2 Å². The average molecular weight is 364 g/mol. The topological polar surface area (TPSA) is 62.4 Å². The van der Waals surface area contributed by atoms with E-state index in [0.717, 1.165) is 23.2 Å². The molecule has 1 aromatic heterocycles. The molecule has 1 fully saturated rings. The Balaban J connectivity index is 1.66. The minimum Gasteiger partial charge on any atom is -0.376 e. The van der Waals surface area contributed by atoms with Crippen molar-refractivity contribution >= 4 is 50.5 Å². The van der Waals surface area contributed by atoms with Gasteiger partial charge in [0.15, 0.2) is 5.11 Å². The lowest BCUT2D eigenvalue weighted by Gasteiger charge is -2.14. The maximum atomic E-state index is 11.7. The van der Waals surface area contributed by atoms with Crippen molar-refractivity contribution in [3.8, 4) is 0 Å². The fourth-order valence-corrected chi connectivity index (χ4v) is 3.08. The molecule has 1 aromatic rings. The van der Waals surface area contributed by atoms with Gasteiger partial charge in [0.25, 0.3) is 5.91 Å². The predicted octanol–water partition coefficient (Wildman–Crippen LogP) is 1.80. The predicted molar refractivity (Wildman–Crippen MR) is 82.2 cm³/mol. The largest absolute Gasteiger partial charge is 0.376 e. The van der Waals surface area contributed by atoms with Crippen LogP contribution in [0.3, 0.4) is 0 Å². The molecule has 0 saturated carbocycles. The molecule has 19 heavy (non-hydrogen) atoms. The van der Waals surface area contributed by atoms with Crippen LogP contribution in [0.2, 0.25) is 0 Å². The molecule has 8 heteroatoms. The number of hydrogen-bond donors (Lipinski definition) is 3. The molecular weight excluding hydrogens is 350 g/mol. The lowest BCUT2D eigenvalue weighted by atomic mass is 10.2. The Kier molecular flexibility index (Phi) is 5.56. The van der Waals surface area contributed by atoms with Crippen molar-refractivity contribution in [3.63, 3.8) is 0 Å². The molecular formula is C11H14BrN3O2S2. The quantitative estimate of drug-likeness (QED) is 0.564. The molecule has 1 amide bonds. The van der Waals surface area contributed by atoms with E-state index in [-0.39, 0.29) is 12.0 Å². The van der Waals surface area contributed by atoms with E-state index in [4.69, 9.17) is 17.0 Å². The zero-order valence-corrected chi connectivity index (χ0v) is 13.3. The second kappa shape index (κ2) is 7.18. The van der Waals surface area contributed by atoms with Crippen molar-refractivity contribution in [1.29, 1.82) is 0 Å². The number of ether oxygens (including phenoxy) is 1. The number of halogens is 1. The Morgan fingerprint density at radius 2 is 2.37 bits per heavy atom. The standard InChI is InChI=1S/C11H14BrN3O2S2/c12-9-4-3-8(19-9)10(16)14-15-11(18)13-6-7-2-1-5-17-7/h3-4,7H,1-2,5-6H2,(H,14,16)(H2,13,15,18)/t7-/m1/s1. The van der Waals surface area contributed by atoms with Crippen molar-refractivity contribution in [3.05, 3.63) is 20.8 Å². The third-order valence-corrected chi connectivity index (χ3v) is 4.47. The van der Waals surface area contributed by atoms with Gasteiger partial charge in [0, 0.05) is 13.2 Å². The molecule has 0 aliphatic carbocycles. The first-order valence-corrected chi connectivity index (χ1v) is 7.88. The van der Waals surface area contributed by atoms with Gasteiger partial charge in [0.1, 0.15) is 0 Å². The molecule has 1 atom stereocenters. The van der Waals surface area contributed by atoms with Gasteiger partial charge in [-0.05, 0) is 53.1 Å². The molecule has 1 saturated heterocycles. The lowest BCUT2D eigenvalue weighted by Crippen LogP contribution is -2.48. The fraction of sp³-hybridized carbons (Fsp3) is 0.455. The number of carbonyl (C=O) groups excluding carboxylic acids is 1. The Labute approximate surface area is 129 Å². The number of thiophene rings is 1. The summed E-state index contributed by atoms with van der Waals surface area (Å²) in [5.41, 5.74) is 5.21. The number of rotatable bonds is 3. The van der Waals surface area contributed by atoms with Gasteiger partial charge in [0.2, 0.25) is 0 Å². The minimum absolute atomic E-state index is 0.211. The van der Waals surface area contributed by atoms with Crippen LogP contribution < -0.4 is 16.2 Å². The van der Waals surface area contributed by atoms with Crippen LogP contribution in [0.5, 0.6) is 0 Å². The zero-order chi connectivity index (χ0) is 13.7. The second-order valence-corrected chi connectivity index (χ2v) is 6.90. The number of hydrogen-bond acceptors (Lipinski definition) is 4. The van der Waals surface area contributed by atoms with Crippen LogP contribution in [-0.2, 0) is 4.74 Å². The summed E-state index contributed by atoms with van der Waals surface area (Å²) in [7, 11) is 0. The van der Waals surface area contributed by atoms with Gasteiger partial charge in [-0.25, -0.2) is 0 Å². The maximum absolute atomic E-state index is 11.7. The number of nitrogens with one attached hydrogen (secondary N) is 3. The van der Waals surface area contributed by atoms with Gasteiger partial charge in [0.05, 0.1) is 14.8 Å². The molecule has 0 aromatic carbocycles. The molecule has 0 bridgehead atoms. The SMILES string of the molecule is O=C(NNC(=S)NC[C@H]1CCCO1)c1ccc(Br)s1. The van der Waals surface area contributed by atoms with Crippen LogP contribution in [0.15, 0.2) is 15.9 Å². The Morgan fingerprint density at radius 1 is 1.53 bits per heavy atom. The van der Waals surface area contributed by atoms with Crippen LogP contribution in [0.4, 0.5) is 0 Å². The van der Waals surface area contributed by atoms with Crippen LogP contribution in [-0.4, -0.2) is 30.3 Å². The summed E-state index contributed by atoms with van der Waals surface area (Å²) in [6.45, 7) is 1.47. The van der Waals surface area contributed by atoms with E-state index >= 15 is 0 Å². The molecule has 2 heterocycles. The van der Waals surface area contributed by atoms with Crippen LogP contribution in [0.25, 0.3) is 0 Å². The molecule has 104 valence electrons. The van der Waals surface area contributed by atoms with E-state index in [1.165, 1.54) is 11.3 Å². The van der Waals surface area contributed by atoms with Gasteiger partial charge in [-0.15, -0.1) is 11.3 Å². The molecule has 2 rings (SSSR count). The highest BCUT2D eigenvalue weighted by Crippen LogP contribution is 2.21. The van der Waals surface area contributed by atoms with E-state index in [1.54, 1.807) is 6.07 Å². The normalized spacial score (nSPS) is 18.1. The van der Waals surface area contributed by atoms with Gasteiger partial charge < -0.3 is 10.1 Å². The van der Waals surface area contributed by atoms with Gasteiger partial charge in [-0.1, -0.05) is 0 Å². The zero-order valence-electron chi connectivity index (χ0n) is 10.1. The number of thiocarbonyl (C=S) groups is 1. The molecule has 0 spiro atoms. The van der Waals surface area contributed by atoms with Gasteiger partial charge >= 0.3 is 0 Å². The molecule has 3 N–H and O–H groups in total. The third kappa shape index (κ3) is 4.72. The van der Waals surface area contributed by atoms with E-state index in [0.29, 0.717) is 16.5 Å². The lowest BCUT2D eigenvalue weighted by molar-refractivity contribution is 0.0947. The molecule has 1 aliphatic heterocycles. The summed E-state index contributed by atoms with van der Waals surface area (Å²) < 4.78 is 6.37. The van der Waals surface area contributed by atoms with Crippen molar-refractivity contribution < 1.29 is 9.53 Å². The minimum atomic E-state index is -0.211. The molecule has 1 aliphatic rings. The van der Waals surface area contributed by atoms with E-state index < -0.39 is 0 Å². The van der Waals surface area contributed by atoms with E-state index in [1.807, 2.05) is 6.07 Å². The highest BCUT2D eigenvalue weighted by molar-refractivity contribution is 9.11. The van der Waals surface area contributed by atoms with Crippen LogP contribution in [0, 0.1) is 0 Å². The monoisotopic (exact) mass is 363 g/mol. The summed E-state index contributed by atoms with van der Waals surface area (Å²) in [4.78, 5) is 12.3. The third-order valence-electron chi connectivity index (χ3n) is 2.60. The summed E-state index contributed by atoms with van der Waals surface area (Å²) in [5.74, 6) is -0.211. The number of carbonyl (C=O) groups is 1. The Morgan fingerprint density at radius 3 is 3.00 bits per heavy atom. The number of amides is 1. The highest BCUT2D eigenvalue weighted by atomic mass is 79.9. The average Bonchev–Trinajstić information content (AvgIpc) is 3.04. The summed E-state index contributed by atoms with van der Waals surface area (Å²) >= 11 is 9.74. The summed E-state index contributed by atoms with van der Waals surface area (Å²) in [6.07, 6.45) is 2.35. The first-order valence-electron chi connectivity index (χ1n) is 5.86. The fourth-order valence-electron chi connectivity index (χ4n) is 1.67. The van der Waals surface area contributed by atoms with Crippen molar-refractivity contribution in [2.75, 3.05) is 13.2 Å². The summed E-state index contributed by atoms with van der Waals surface area (Å²) in [6, 6.07) is 3.57. The van der Waals surface area contributed by atoms with Crippen molar-refractivity contribution in [2.45, 2.75) is 18.9 Å². The van der Waals surface area contributed by atoms with Crippen LogP contribution >= 0.6 is 39.5 Å². The number of hydrazine groups is 1. The first-order chi connectivity index (χ1) is 9.15. The smallest absolute Gasteiger partial charge is 0.279 e. The molecule has 0 radical (unpaired) electrons.